The summed E-state index contributed by atoms with van der Waals surface area (Å²) in [6, 6.07) is 0. The first-order valence-electron chi connectivity index (χ1n) is 5.46. The fourth-order valence-corrected chi connectivity index (χ4v) is 1.74. The van der Waals surface area contributed by atoms with E-state index in [0.29, 0.717) is 12.4 Å². The van der Waals surface area contributed by atoms with E-state index in [0.717, 1.165) is 6.42 Å². The predicted octanol–water partition coefficient (Wildman–Crippen LogP) is -1.21. The van der Waals surface area contributed by atoms with Crippen molar-refractivity contribution in [1.82, 2.24) is 14.5 Å². The summed E-state index contributed by atoms with van der Waals surface area (Å²) in [6.07, 6.45) is 2.13. The summed E-state index contributed by atoms with van der Waals surface area (Å²) in [5.74, 6) is -1.73. The van der Waals surface area contributed by atoms with E-state index in [9.17, 15) is 15.1 Å². The smallest absolute Gasteiger partial charge is 0.310 e. The van der Waals surface area contributed by atoms with E-state index >= 15 is 0 Å². The summed E-state index contributed by atoms with van der Waals surface area (Å²) in [5, 5.41) is 25.8. The molecule has 0 aliphatic heterocycles. The molecule has 1 N–H and O–H groups in total. The maximum atomic E-state index is 11.9. The zero-order valence-electron chi connectivity index (χ0n) is 10.0. The highest BCUT2D eigenvalue weighted by Gasteiger charge is 2.24. The fourth-order valence-electron chi connectivity index (χ4n) is 1.74. The first-order chi connectivity index (χ1) is 8.57. The minimum Gasteiger partial charge on any atom is -0.710 e. The Labute approximate surface area is 102 Å². The average molecular weight is 250 g/mol. The maximum absolute atomic E-state index is 11.9. The number of hydrogen-bond acceptors (Lipinski definition) is 6. The molecule has 2 rings (SSSR count). The number of carboxylic acids is 1. The molecule has 96 valence electrons. The molecule has 2 aromatic heterocycles. The van der Waals surface area contributed by atoms with Crippen molar-refractivity contribution in [2.45, 2.75) is 13.3 Å². The van der Waals surface area contributed by atoms with Crippen LogP contribution in [0.5, 0.6) is 0 Å². The molecule has 0 atom stereocenters. The number of carbonyl (C=O) groups is 1. The first-order valence-corrected chi connectivity index (χ1v) is 5.46. The molecule has 0 aliphatic carbocycles. The lowest BCUT2D eigenvalue weighted by Gasteiger charge is -2.06. The number of nitrogens with one attached hydrogen (secondary N) is 1. The summed E-state index contributed by atoms with van der Waals surface area (Å²) >= 11 is 0. The second kappa shape index (κ2) is 4.47. The van der Waals surface area contributed by atoms with Gasteiger partial charge in [-0.05, 0) is 6.42 Å². The van der Waals surface area contributed by atoms with Gasteiger partial charge in [-0.15, -0.1) is 0 Å². The molecule has 0 saturated heterocycles. The monoisotopic (exact) mass is 250 g/mol. The highest BCUT2D eigenvalue weighted by atomic mass is 16.5. The number of rotatable bonds is 4. The van der Waals surface area contributed by atoms with Crippen LogP contribution in [0.3, 0.4) is 0 Å². The number of aryl methyl sites for hydroxylation is 1. The Bertz CT molecular complexity index is 607. The minimum atomic E-state index is -1.55. The van der Waals surface area contributed by atoms with Crippen LogP contribution in [0, 0.1) is 5.21 Å². The minimum absolute atomic E-state index is 0.104. The predicted molar refractivity (Wildman–Crippen MR) is 60.6 cm³/mol. The third-order valence-corrected chi connectivity index (χ3v) is 2.56. The van der Waals surface area contributed by atoms with Gasteiger partial charge in [-0.1, -0.05) is 6.92 Å². The molecule has 0 aromatic carbocycles. The summed E-state index contributed by atoms with van der Waals surface area (Å²) in [7, 11) is 1.44. The topological polar surface area (TPSA) is 110 Å². The Balaban J connectivity index is 2.69. The van der Waals surface area contributed by atoms with Gasteiger partial charge in [-0.2, -0.15) is 4.98 Å². The molecule has 8 heteroatoms. The Morgan fingerprint density at radius 3 is 2.89 bits per heavy atom. The molecular formula is C10H12N5O3-. The summed E-state index contributed by atoms with van der Waals surface area (Å²) in [4.78, 5) is 18.8. The lowest BCUT2D eigenvalue weighted by Crippen LogP contribution is -2.40. The third-order valence-electron chi connectivity index (χ3n) is 2.56. The zero-order chi connectivity index (χ0) is 13.3. The van der Waals surface area contributed by atoms with Crippen LogP contribution < -0.4 is 15.2 Å². The van der Waals surface area contributed by atoms with Gasteiger partial charge in [0.05, 0.1) is 7.05 Å². The number of aromatic nitrogens is 4. The quantitative estimate of drug-likeness (QED) is 0.538. The van der Waals surface area contributed by atoms with Gasteiger partial charge in [0.15, 0.2) is 11.8 Å². The van der Waals surface area contributed by atoms with Crippen LogP contribution in [0.1, 0.15) is 24.0 Å². The number of anilines is 1. The van der Waals surface area contributed by atoms with Crippen LogP contribution in [0.15, 0.2) is 6.33 Å². The van der Waals surface area contributed by atoms with Crippen molar-refractivity contribution >= 4 is 23.0 Å². The van der Waals surface area contributed by atoms with E-state index in [4.69, 9.17) is 0 Å². The van der Waals surface area contributed by atoms with E-state index in [1.807, 2.05) is 6.92 Å². The molecule has 0 unspecified atom stereocenters. The molecule has 0 bridgehead atoms. The van der Waals surface area contributed by atoms with Crippen molar-refractivity contribution in [2.75, 3.05) is 11.9 Å². The first kappa shape index (κ1) is 12.1. The van der Waals surface area contributed by atoms with Crippen LogP contribution in [0.25, 0.3) is 11.2 Å². The number of carboxylic acid groups (broad SMARTS) is 1. The molecule has 18 heavy (non-hydrogen) atoms. The second-order valence-corrected chi connectivity index (χ2v) is 3.79. The fraction of sp³-hybridized carbons (Fsp3) is 0.400. The molecular weight excluding hydrogens is 238 g/mol. The summed E-state index contributed by atoms with van der Waals surface area (Å²) in [6.45, 7) is 2.59. The number of aromatic carboxylic acids is 1. The Hall–Kier alpha value is -2.38. The van der Waals surface area contributed by atoms with Gasteiger partial charge in [0, 0.05) is 6.54 Å². The van der Waals surface area contributed by atoms with Crippen LogP contribution in [0.4, 0.5) is 5.82 Å². The van der Waals surface area contributed by atoms with E-state index in [-0.39, 0.29) is 15.9 Å². The highest BCUT2D eigenvalue weighted by Crippen LogP contribution is 2.16. The van der Waals surface area contributed by atoms with Crippen LogP contribution in [0.2, 0.25) is 0 Å². The van der Waals surface area contributed by atoms with Gasteiger partial charge in [0.1, 0.15) is 6.33 Å². The maximum Gasteiger partial charge on any atom is 0.310 e. The molecule has 0 radical (unpaired) electrons. The van der Waals surface area contributed by atoms with Gasteiger partial charge in [-0.3, -0.25) is 0 Å². The number of imidazole rings is 1. The van der Waals surface area contributed by atoms with E-state index < -0.39 is 11.8 Å². The second-order valence-electron chi connectivity index (χ2n) is 3.79. The third kappa shape index (κ3) is 1.71. The van der Waals surface area contributed by atoms with Gasteiger partial charge in [0.2, 0.25) is 5.52 Å². The SMILES string of the molecule is CCCNc1ncnc2c1[n+]([O-])c(C(=O)[O-])n2C. The van der Waals surface area contributed by atoms with Gasteiger partial charge >= 0.3 is 5.82 Å². The van der Waals surface area contributed by atoms with Crippen molar-refractivity contribution in [2.24, 2.45) is 7.05 Å². The van der Waals surface area contributed by atoms with E-state index in [1.165, 1.54) is 17.9 Å². The van der Waals surface area contributed by atoms with Crippen molar-refractivity contribution in [3.05, 3.63) is 17.4 Å². The Morgan fingerprint density at radius 2 is 2.28 bits per heavy atom. The van der Waals surface area contributed by atoms with Gasteiger partial charge in [0.25, 0.3) is 5.65 Å². The Morgan fingerprint density at radius 1 is 1.56 bits per heavy atom. The normalized spacial score (nSPS) is 10.8. The van der Waals surface area contributed by atoms with E-state index in [2.05, 4.69) is 15.3 Å². The molecule has 0 spiro atoms. The zero-order valence-corrected chi connectivity index (χ0v) is 10.0. The standard InChI is InChI=1S/C10H13N5O3/c1-3-4-11-7-6-8(13-5-12-7)14(2)9(10(16)17)15(6)18/h5H,3-4H2,1-2H3,(H,16,17)(H,11,12,13)/p-1. The van der Waals surface area contributed by atoms with Crippen LogP contribution in [-0.4, -0.2) is 27.0 Å². The van der Waals surface area contributed by atoms with Crippen molar-refractivity contribution in [3.8, 4) is 0 Å². The molecule has 0 amide bonds. The van der Waals surface area contributed by atoms with Crippen molar-refractivity contribution in [1.29, 1.82) is 0 Å². The summed E-state index contributed by atoms with van der Waals surface area (Å²) in [5.41, 5.74) is 0.352. The molecule has 8 nitrogen and oxygen atoms in total. The molecule has 0 aliphatic rings. The highest BCUT2D eigenvalue weighted by molar-refractivity contribution is 5.87. The molecule has 0 saturated carbocycles. The molecule has 0 fully saturated rings. The molecule has 2 aromatic rings. The van der Waals surface area contributed by atoms with Crippen molar-refractivity contribution in [3.63, 3.8) is 0 Å². The van der Waals surface area contributed by atoms with Crippen LogP contribution >= 0.6 is 0 Å². The van der Waals surface area contributed by atoms with Crippen molar-refractivity contribution < 1.29 is 14.6 Å². The van der Waals surface area contributed by atoms with Crippen LogP contribution in [-0.2, 0) is 7.05 Å². The van der Waals surface area contributed by atoms with Gasteiger partial charge < -0.3 is 20.4 Å². The summed E-state index contributed by atoms with van der Waals surface area (Å²) < 4.78 is 1.46. The number of hydrogen-bond donors (Lipinski definition) is 1. The lowest BCUT2D eigenvalue weighted by molar-refractivity contribution is -0.584. The average Bonchev–Trinajstić information content (AvgIpc) is 2.60. The lowest BCUT2D eigenvalue weighted by atomic mass is 10.4. The largest absolute Gasteiger partial charge is 0.710 e. The number of fused-ring (bicyclic) bond motifs is 1. The van der Waals surface area contributed by atoms with E-state index in [1.54, 1.807) is 0 Å². The number of nitrogens with zero attached hydrogens (tertiary/aromatic N) is 4. The Kier molecular flexibility index (Phi) is 3.00. The van der Waals surface area contributed by atoms with Gasteiger partial charge in [-0.25, -0.2) is 14.3 Å². The number of carbonyl (C=O) groups excluding carboxylic acids is 1. The molecule has 2 heterocycles.